The summed E-state index contributed by atoms with van der Waals surface area (Å²) in [4.78, 5) is 0. The van der Waals surface area contributed by atoms with Crippen LogP contribution in [0.5, 0.6) is 0 Å². The summed E-state index contributed by atoms with van der Waals surface area (Å²) in [6.07, 6.45) is 0. The standard InChI is InChI=1S/C6H2Br2ClI/c7-4-1-3(9)2-5(8)6(4)10/h1-2H. The van der Waals surface area contributed by atoms with E-state index in [0.717, 1.165) is 17.5 Å². The summed E-state index contributed by atoms with van der Waals surface area (Å²) >= 11 is 14.7. The quantitative estimate of drug-likeness (QED) is 0.345. The second-order valence-corrected chi connectivity index (χ2v) is 4.91. The average Bonchev–Trinajstić information content (AvgIpc) is 1.82. The maximum absolute atomic E-state index is 5.76. The number of hydrogen-bond acceptors (Lipinski definition) is 0. The van der Waals surface area contributed by atoms with E-state index in [1.165, 1.54) is 0 Å². The first-order chi connectivity index (χ1) is 4.61. The summed E-state index contributed by atoms with van der Waals surface area (Å²) in [5.74, 6) is 0. The Labute approximate surface area is 94.7 Å². The Kier molecular flexibility index (Phi) is 3.47. The fraction of sp³-hybridized carbons (Fsp3) is 0. The normalized spacial score (nSPS) is 10.0. The summed E-state index contributed by atoms with van der Waals surface area (Å²) in [7, 11) is 0. The highest BCUT2D eigenvalue weighted by Gasteiger charge is 2.01. The highest BCUT2D eigenvalue weighted by molar-refractivity contribution is 14.1. The molecule has 0 saturated carbocycles. The molecule has 0 nitrogen and oxygen atoms in total. The molecule has 0 radical (unpaired) electrons. The second-order valence-electron chi connectivity index (χ2n) is 1.68. The molecule has 0 aliphatic rings. The molecular weight excluding hydrogens is 394 g/mol. The number of halogens is 4. The van der Waals surface area contributed by atoms with Crippen LogP contribution in [0, 0.1) is 3.57 Å². The lowest BCUT2D eigenvalue weighted by atomic mass is 10.4. The zero-order chi connectivity index (χ0) is 7.72. The van der Waals surface area contributed by atoms with Crippen LogP contribution >= 0.6 is 66.1 Å². The van der Waals surface area contributed by atoms with Crippen LogP contribution in [0.2, 0.25) is 5.02 Å². The lowest BCUT2D eigenvalue weighted by Crippen LogP contribution is -1.76. The van der Waals surface area contributed by atoms with E-state index in [2.05, 4.69) is 54.5 Å². The largest absolute Gasteiger partial charge is 0.0843 e. The van der Waals surface area contributed by atoms with Crippen molar-refractivity contribution >= 4 is 66.1 Å². The Bertz CT molecular complexity index is 239. The van der Waals surface area contributed by atoms with Crippen molar-refractivity contribution in [3.8, 4) is 0 Å². The minimum atomic E-state index is 0.735. The predicted octanol–water partition coefficient (Wildman–Crippen LogP) is 4.47. The van der Waals surface area contributed by atoms with Crippen molar-refractivity contribution in [3.05, 3.63) is 29.7 Å². The molecule has 0 saturated heterocycles. The van der Waals surface area contributed by atoms with E-state index in [1.807, 2.05) is 12.1 Å². The van der Waals surface area contributed by atoms with E-state index < -0.39 is 0 Å². The van der Waals surface area contributed by atoms with Crippen molar-refractivity contribution < 1.29 is 0 Å². The minimum absolute atomic E-state index is 0.735. The molecule has 0 aliphatic heterocycles. The molecule has 1 aromatic rings. The molecule has 0 bridgehead atoms. The van der Waals surface area contributed by atoms with E-state index in [-0.39, 0.29) is 0 Å². The topological polar surface area (TPSA) is 0 Å². The Morgan fingerprint density at radius 2 is 1.60 bits per heavy atom. The minimum Gasteiger partial charge on any atom is -0.0843 e. The first kappa shape index (κ1) is 9.29. The summed E-state index contributed by atoms with van der Waals surface area (Å²) in [5.41, 5.74) is 0. The maximum Gasteiger partial charge on any atom is 0.0429 e. The molecule has 1 rings (SSSR count). The first-order valence-electron chi connectivity index (χ1n) is 2.41. The van der Waals surface area contributed by atoms with Crippen molar-refractivity contribution in [1.29, 1.82) is 0 Å². The molecule has 0 heterocycles. The molecule has 0 aromatic heterocycles. The van der Waals surface area contributed by atoms with Gasteiger partial charge in [0.1, 0.15) is 0 Å². The fourth-order valence-corrected chi connectivity index (χ4v) is 2.50. The van der Waals surface area contributed by atoms with Gasteiger partial charge in [-0.25, -0.2) is 0 Å². The molecular formula is C6H2Br2ClI. The van der Waals surface area contributed by atoms with Gasteiger partial charge < -0.3 is 0 Å². The van der Waals surface area contributed by atoms with Crippen molar-refractivity contribution in [2.75, 3.05) is 0 Å². The third-order valence-electron chi connectivity index (χ3n) is 0.949. The zero-order valence-corrected chi connectivity index (χ0v) is 10.8. The van der Waals surface area contributed by atoms with Crippen LogP contribution in [0.1, 0.15) is 0 Å². The summed E-state index contributed by atoms with van der Waals surface area (Å²) < 4.78 is 3.18. The van der Waals surface area contributed by atoms with Crippen LogP contribution < -0.4 is 0 Å². The highest BCUT2D eigenvalue weighted by Crippen LogP contribution is 2.30. The van der Waals surface area contributed by atoms with Crippen LogP contribution in [0.4, 0.5) is 0 Å². The molecule has 1 aromatic carbocycles. The Morgan fingerprint density at radius 1 is 1.20 bits per heavy atom. The van der Waals surface area contributed by atoms with Crippen molar-refractivity contribution in [3.63, 3.8) is 0 Å². The van der Waals surface area contributed by atoms with Gasteiger partial charge in [-0.15, -0.1) is 0 Å². The number of rotatable bonds is 0. The predicted molar refractivity (Wildman–Crippen MR) is 59.6 cm³/mol. The van der Waals surface area contributed by atoms with Gasteiger partial charge >= 0.3 is 0 Å². The first-order valence-corrected chi connectivity index (χ1v) is 5.45. The van der Waals surface area contributed by atoms with Gasteiger partial charge in [0.2, 0.25) is 0 Å². The average molecular weight is 396 g/mol. The SMILES string of the molecule is Clc1cc(Br)c(I)c(Br)c1. The van der Waals surface area contributed by atoms with E-state index in [1.54, 1.807) is 0 Å². The van der Waals surface area contributed by atoms with Crippen molar-refractivity contribution in [1.82, 2.24) is 0 Å². The highest BCUT2D eigenvalue weighted by atomic mass is 127. The van der Waals surface area contributed by atoms with Gasteiger partial charge in [-0.1, -0.05) is 11.6 Å². The van der Waals surface area contributed by atoms with Gasteiger partial charge in [-0.2, -0.15) is 0 Å². The van der Waals surface area contributed by atoms with Crippen molar-refractivity contribution in [2.45, 2.75) is 0 Å². The Morgan fingerprint density at radius 3 is 2.00 bits per heavy atom. The number of hydrogen-bond donors (Lipinski definition) is 0. The van der Waals surface area contributed by atoms with Gasteiger partial charge in [-0.3, -0.25) is 0 Å². The lowest BCUT2D eigenvalue weighted by molar-refractivity contribution is 1.53. The van der Waals surface area contributed by atoms with Crippen LogP contribution in [0.25, 0.3) is 0 Å². The lowest BCUT2D eigenvalue weighted by Gasteiger charge is -1.98. The van der Waals surface area contributed by atoms with Crippen LogP contribution in [-0.4, -0.2) is 0 Å². The monoisotopic (exact) mass is 394 g/mol. The summed E-state index contributed by atoms with van der Waals surface area (Å²) in [6, 6.07) is 3.74. The van der Waals surface area contributed by atoms with E-state index in [4.69, 9.17) is 11.6 Å². The fourth-order valence-electron chi connectivity index (χ4n) is 0.525. The zero-order valence-electron chi connectivity index (χ0n) is 4.67. The smallest absolute Gasteiger partial charge is 0.0429 e. The Hall–Kier alpha value is 1.20. The van der Waals surface area contributed by atoms with E-state index >= 15 is 0 Å². The summed E-state index contributed by atoms with van der Waals surface area (Å²) in [6.45, 7) is 0. The molecule has 4 heteroatoms. The van der Waals surface area contributed by atoms with Gasteiger partial charge in [0.25, 0.3) is 0 Å². The van der Waals surface area contributed by atoms with Gasteiger partial charge in [0.15, 0.2) is 0 Å². The molecule has 0 fully saturated rings. The third-order valence-corrected chi connectivity index (χ3v) is 5.06. The molecule has 54 valence electrons. The van der Waals surface area contributed by atoms with Crippen molar-refractivity contribution in [2.24, 2.45) is 0 Å². The summed E-state index contributed by atoms with van der Waals surface area (Å²) in [5, 5.41) is 0.735. The molecule has 10 heavy (non-hydrogen) atoms. The molecule has 0 N–H and O–H groups in total. The van der Waals surface area contributed by atoms with E-state index in [9.17, 15) is 0 Å². The van der Waals surface area contributed by atoms with Crippen LogP contribution in [0.15, 0.2) is 21.1 Å². The van der Waals surface area contributed by atoms with Crippen LogP contribution in [-0.2, 0) is 0 Å². The van der Waals surface area contributed by atoms with E-state index in [0.29, 0.717) is 0 Å². The molecule has 0 amide bonds. The maximum atomic E-state index is 5.76. The molecule has 0 unspecified atom stereocenters. The second kappa shape index (κ2) is 3.74. The van der Waals surface area contributed by atoms with Crippen LogP contribution in [0.3, 0.4) is 0 Å². The molecule has 0 aliphatic carbocycles. The number of benzene rings is 1. The third kappa shape index (κ3) is 2.09. The Balaban J connectivity index is 3.31. The molecule has 0 spiro atoms. The van der Waals surface area contributed by atoms with Gasteiger partial charge in [-0.05, 0) is 66.6 Å². The van der Waals surface area contributed by atoms with Gasteiger partial charge in [0, 0.05) is 17.5 Å². The molecule has 0 atom stereocenters. The van der Waals surface area contributed by atoms with Gasteiger partial charge in [0.05, 0.1) is 0 Å².